The predicted octanol–water partition coefficient (Wildman–Crippen LogP) is 1.91. The van der Waals surface area contributed by atoms with Crippen LogP contribution in [0.2, 0.25) is 0 Å². The monoisotopic (exact) mass is 274 g/mol. The van der Waals surface area contributed by atoms with Crippen LogP contribution >= 0.6 is 0 Å². The van der Waals surface area contributed by atoms with Gasteiger partial charge in [0.25, 0.3) is 5.91 Å². The van der Waals surface area contributed by atoms with E-state index in [0.717, 1.165) is 39.0 Å². The van der Waals surface area contributed by atoms with Crippen LogP contribution in [0.4, 0.5) is 0 Å². The Labute approximate surface area is 120 Å². The first kappa shape index (κ1) is 14.7. The number of piperazine rings is 1. The van der Waals surface area contributed by atoms with Crippen molar-refractivity contribution in [1.29, 1.82) is 0 Å². The van der Waals surface area contributed by atoms with E-state index in [-0.39, 0.29) is 5.91 Å². The molecule has 0 atom stereocenters. The van der Waals surface area contributed by atoms with E-state index in [2.05, 4.69) is 18.7 Å². The fourth-order valence-electron chi connectivity index (χ4n) is 2.54. The molecule has 1 aromatic carbocycles. The van der Waals surface area contributed by atoms with Crippen molar-refractivity contribution in [1.82, 2.24) is 9.80 Å². The molecule has 0 bridgehead atoms. The zero-order chi connectivity index (χ0) is 14.5. The average Bonchev–Trinajstić information content (AvgIpc) is 2.47. The van der Waals surface area contributed by atoms with Crippen LogP contribution in [0.5, 0.6) is 0 Å². The van der Waals surface area contributed by atoms with Gasteiger partial charge in [0.2, 0.25) is 0 Å². The van der Waals surface area contributed by atoms with E-state index < -0.39 is 0 Å². The minimum atomic E-state index is 0.0617. The van der Waals surface area contributed by atoms with Gasteiger partial charge >= 0.3 is 0 Å². The molecule has 0 radical (unpaired) electrons. The second-order valence-corrected chi connectivity index (χ2v) is 5.73. The lowest BCUT2D eigenvalue weighted by molar-refractivity contribution is 0.0623. The van der Waals surface area contributed by atoms with E-state index in [9.17, 15) is 9.59 Å². The van der Waals surface area contributed by atoms with Crippen molar-refractivity contribution in [2.45, 2.75) is 13.8 Å². The SMILES string of the molecule is CC(C)CN1CCN(C(=O)c2ccc(C=O)cc2)CC1. The zero-order valence-electron chi connectivity index (χ0n) is 12.2. The topological polar surface area (TPSA) is 40.6 Å². The Hall–Kier alpha value is -1.68. The molecule has 0 spiro atoms. The Morgan fingerprint density at radius 3 is 2.25 bits per heavy atom. The molecule has 1 heterocycles. The van der Waals surface area contributed by atoms with Crippen molar-refractivity contribution < 1.29 is 9.59 Å². The molecule has 1 amide bonds. The Morgan fingerprint density at radius 2 is 1.75 bits per heavy atom. The molecule has 108 valence electrons. The normalized spacial score (nSPS) is 16.4. The first-order valence-electron chi connectivity index (χ1n) is 7.17. The van der Waals surface area contributed by atoms with Crippen molar-refractivity contribution in [3.63, 3.8) is 0 Å². The molecule has 0 saturated carbocycles. The lowest BCUT2D eigenvalue weighted by Gasteiger charge is -2.35. The third kappa shape index (κ3) is 3.67. The lowest BCUT2D eigenvalue weighted by atomic mass is 10.1. The lowest BCUT2D eigenvalue weighted by Crippen LogP contribution is -2.49. The molecule has 1 aliphatic rings. The van der Waals surface area contributed by atoms with Crippen molar-refractivity contribution >= 4 is 12.2 Å². The molecule has 1 fully saturated rings. The standard InChI is InChI=1S/C16H22N2O2/c1-13(2)11-17-7-9-18(10-8-17)16(20)15-5-3-14(12-19)4-6-15/h3-6,12-13H,7-11H2,1-2H3. The summed E-state index contributed by atoms with van der Waals surface area (Å²) in [4.78, 5) is 27.3. The highest BCUT2D eigenvalue weighted by Gasteiger charge is 2.22. The van der Waals surface area contributed by atoms with Crippen LogP contribution in [0.1, 0.15) is 34.6 Å². The summed E-state index contributed by atoms with van der Waals surface area (Å²) in [6, 6.07) is 6.84. The second kappa shape index (κ2) is 6.66. The molecular formula is C16H22N2O2. The van der Waals surface area contributed by atoms with E-state index >= 15 is 0 Å². The summed E-state index contributed by atoms with van der Waals surface area (Å²) in [7, 11) is 0. The molecule has 0 N–H and O–H groups in total. The number of aldehydes is 1. The van der Waals surface area contributed by atoms with E-state index in [1.54, 1.807) is 24.3 Å². The van der Waals surface area contributed by atoms with Crippen LogP contribution in [0.3, 0.4) is 0 Å². The van der Waals surface area contributed by atoms with Crippen LogP contribution in [-0.2, 0) is 0 Å². The maximum absolute atomic E-state index is 12.3. The minimum absolute atomic E-state index is 0.0617. The molecule has 20 heavy (non-hydrogen) atoms. The Balaban J connectivity index is 1.92. The number of hydrogen-bond donors (Lipinski definition) is 0. The highest BCUT2D eigenvalue weighted by Crippen LogP contribution is 2.11. The molecule has 1 aliphatic heterocycles. The van der Waals surface area contributed by atoms with Crippen molar-refractivity contribution in [2.75, 3.05) is 32.7 Å². The summed E-state index contributed by atoms with van der Waals surface area (Å²) in [6.07, 6.45) is 0.791. The van der Waals surface area contributed by atoms with Crippen LogP contribution in [0, 0.1) is 5.92 Å². The molecule has 1 aromatic rings. The highest BCUT2D eigenvalue weighted by molar-refractivity contribution is 5.95. The van der Waals surface area contributed by atoms with Crippen LogP contribution in [0.15, 0.2) is 24.3 Å². The molecule has 2 rings (SSSR count). The third-order valence-corrected chi connectivity index (χ3v) is 3.58. The van der Waals surface area contributed by atoms with Gasteiger partial charge < -0.3 is 4.90 Å². The summed E-state index contributed by atoms with van der Waals surface area (Å²) in [5.74, 6) is 0.722. The quantitative estimate of drug-likeness (QED) is 0.788. The van der Waals surface area contributed by atoms with Gasteiger partial charge in [-0.15, -0.1) is 0 Å². The maximum Gasteiger partial charge on any atom is 0.253 e. The molecule has 0 aliphatic carbocycles. The number of amides is 1. The van der Waals surface area contributed by atoms with Gasteiger partial charge in [-0.25, -0.2) is 0 Å². The smallest absolute Gasteiger partial charge is 0.253 e. The average molecular weight is 274 g/mol. The van der Waals surface area contributed by atoms with E-state index in [0.29, 0.717) is 17.0 Å². The first-order chi connectivity index (χ1) is 9.60. The Morgan fingerprint density at radius 1 is 1.15 bits per heavy atom. The summed E-state index contributed by atoms with van der Waals surface area (Å²) in [6.45, 7) is 8.96. The molecular weight excluding hydrogens is 252 g/mol. The van der Waals surface area contributed by atoms with Gasteiger partial charge in [-0.3, -0.25) is 14.5 Å². The van der Waals surface area contributed by atoms with Gasteiger partial charge in [-0.2, -0.15) is 0 Å². The van der Waals surface area contributed by atoms with Crippen molar-refractivity contribution in [2.24, 2.45) is 5.92 Å². The number of carbonyl (C=O) groups is 2. The minimum Gasteiger partial charge on any atom is -0.336 e. The van der Waals surface area contributed by atoms with Gasteiger partial charge in [0.15, 0.2) is 0 Å². The number of rotatable bonds is 4. The van der Waals surface area contributed by atoms with E-state index in [1.807, 2.05) is 4.90 Å². The number of hydrogen-bond acceptors (Lipinski definition) is 3. The molecule has 4 nitrogen and oxygen atoms in total. The summed E-state index contributed by atoms with van der Waals surface area (Å²) >= 11 is 0. The maximum atomic E-state index is 12.3. The summed E-state index contributed by atoms with van der Waals surface area (Å²) < 4.78 is 0. The Kier molecular flexibility index (Phi) is 4.90. The van der Waals surface area contributed by atoms with Gasteiger partial charge in [-0.1, -0.05) is 26.0 Å². The van der Waals surface area contributed by atoms with Crippen LogP contribution in [-0.4, -0.2) is 54.7 Å². The van der Waals surface area contributed by atoms with Crippen molar-refractivity contribution in [3.8, 4) is 0 Å². The second-order valence-electron chi connectivity index (χ2n) is 5.73. The van der Waals surface area contributed by atoms with Crippen LogP contribution < -0.4 is 0 Å². The predicted molar refractivity (Wildman–Crippen MR) is 79.0 cm³/mol. The largest absolute Gasteiger partial charge is 0.336 e. The molecule has 1 saturated heterocycles. The third-order valence-electron chi connectivity index (χ3n) is 3.58. The molecule has 0 aromatic heterocycles. The fourth-order valence-corrected chi connectivity index (χ4v) is 2.54. The number of nitrogens with zero attached hydrogens (tertiary/aromatic N) is 2. The first-order valence-corrected chi connectivity index (χ1v) is 7.17. The van der Waals surface area contributed by atoms with E-state index in [4.69, 9.17) is 0 Å². The van der Waals surface area contributed by atoms with Crippen LogP contribution in [0.25, 0.3) is 0 Å². The molecule has 4 heteroatoms. The highest BCUT2D eigenvalue weighted by atomic mass is 16.2. The summed E-state index contributed by atoms with van der Waals surface area (Å²) in [5.41, 5.74) is 1.26. The Bertz CT molecular complexity index is 460. The summed E-state index contributed by atoms with van der Waals surface area (Å²) in [5, 5.41) is 0. The van der Waals surface area contributed by atoms with Crippen molar-refractivity contribution in [3.05, 3.63) is 35.4 Å². The van der Waals surface area contributed by atoms with Gasteiger partial charge in [0, 0.05) is 43.9 Å². The van der Waals surface area contributed by atoms with Gasteiger partial charge in [0.1, 0.15) is 6.29 Å². The van der Waals surface area contributed by atoms with Gasteiger partial charge in [0.05, 0.1) is 0 Å². The van der Waals surface area contributed by atoms with E-state index in [1.165, 1.54) is 0 Å². The fraction of sp³-hybridized carbons (Fsp3) is 0.500. The number of benzene rings is 1. The molecule has 0 unspecified atom stereocenters. The zero-order valence-corrected chi connectivity index (χ0v) is 12.2. The van der Waals surface area contributed by atoms with Gasteiger partial charge in [-0.05, 0) is 18.1 Å². The number of carbonyl (C=O) groups excluding carboxylic acids is 2.